The molecule has 33 heavy (non-hydrogen) atoms. The number of amides is 1. The summed E-state index contributed by atoms with van der Waals surface area (Å²) in [6, 6.07) is 12.0. The highest BCUT2D eigenvalue weighted by Gasteiger charge is 2.24. The second-order valence-corrected chi connectivity index (χ2v) is 10.3. The van der Waals surface area contributed by atoms with E-state index in [2.05, 4.69) is 0 Å². The van der Waals surface area contributed by atoms with Gasteiger partial charge in [0.1, 0.15) is 5.83 Å². The molecule has 1 aromatic heterocycles. The third-order valence-electron chi connectivity index (χ3n) is 5.53. The molecule has 1 heterocycles. The molecule has 0 fully saturated rings. The van der Waals surface area contributed by atoms with Gasteiger partial charge in [-0.15, -0.1) is 0 Å². The maximum atomic E-state index is 14.6. The Labute approximate surface area is 193 Å². The maximum absolute atomic E-state index is 14.6. The molecule has 2 N–H and O–H groups in total. The van der Waals surface area contributed by atoms with Gasteiger partial charge in [-0.05, 0) is 36.8 Å². The molecule has 0 radical (unpaired) electrons. The molecule has 7 nitrogen and oxygen atoms in total. The van der Waals surface area contributed by atoms with Gasteiger partial charge in [-0.3, -0.25) is 4.79 Å². The number of hydrogen-bond donors (Lipinski definition) is 1. The quantitative estimate of drug-likeness (QED) is 0.571. The molecule has 0 atom stereocenters. The molecular formula is C24H29FN4O3S. The largest absolute Gasteiger partial charge is 0.345 e. The Morgan fingerprint density at radius 3 is 2.39 bits per heavy atom. The van der Waals surface area contributed by atoms with Crippen LogP contribution in [0.3, 0.4) is 0 Å². The van der Waals surface area contributed by atoms with Crippen LogP contribution in [0.2, 0.25) is 0 Å². The van der Waals surface area contributed by atoms with E-state index in [9.17, 15) is 17.6 Å². The van der Waals surface area contributed by atoms with Crippen molar-refractivity contribution in [3.05, 3.63) is 65.6 Å². The number of halogens is 1. The van der Waals surface area contributed by atoms with Gasteiger partial charge in [0, 0.05) is 51.4 Å². The SMILES string of the molecule is Cc1c(-c2cccc(S(=O)(=O)N(C)C)c2)c2cccc(C(=O)N(C)C)c2n1CC(F)=CCN. The van der Waals surface area contributed by atoms with Gasteiger partial charge in [-0.2, -0.15) is 0 Å². The number of nitrogens with zero attached hydrogens (tertiary/aromatic N) is 3. The first kappa shape index (κ1) is 24.6. The minimum atomic E-state index is -3.64. The van der Waals surface area contributed by atoms with Crippen molar-refractivity contribution in [3.63, 3.8) is 0 Å². The van der Waals surface area contributed by atoms with Gasteiger partial charge in [0.25, 0.3) is 5.91 Å². The van der Waals surface area contributed by atoms with Crippen LogP contribution in [0.15, 0.2) is 59.3 Å². The molecule has 0 saturated carbocycles. The zero-order valence-electron chi connectivity index (χ0n) is 19.5. The number of fused-ring (bicyclic) bond motifs is 1. The Morgan fingerprint density at radius 1 is 1.12 bits per heavy atom. The Morgan fingerprint density at radius 2 is 1.79 bits per heavy atom. The topological polar surface area (TPSA) is 88.6 Å². The highest BCUT2D eigenvalue weighted by atomic mass is 32.2. The lowest BCUT2D eigenvalue weighted by molar-refractivity contribution is 0.0829. The summed E-state index contributed by atoms with van der Waals surface area (Å²) >= 11 is 0. The van der Waals surface area contributed by atoms with E-state index in [4.69, 9.17) is 5.73 Å². The lowest BCUT2D eigenvalue weighted by atomic mass is 10.0. The number of sulfonamides is 1. The first-order chi connectivity index (χ1) is 15.5. The molecule has 0 aliphatic rings. The van der Waals surface area contributed by atoms with Crippen LogP contribution in [0.25, 0.3) is 22.0 Å². The molecular weight excluding hydrogens is 443 g/mol. The number of hydrogen-bond acceptors (Lipinski definition) is 4. The number of allylic oxidation sites excluding steroid dienone is 1. The molecule has 3 rings (SSSR count). The van der Waals surface area contributed by atoms with Crippen molar-refractivity contribution in [3.8, 4) is 11.1 Å². The minimum Gasteiger partial charge on any atom is -0.345 e. The first-order valence-electron chi connectivity index (χ1n) is 10.4. The van der Waals surface area contributed by atoms with Crippen LogP contribution >= 0.6 is 0 Å². The van der Waals surface area contributed by atoms with Crippen molar-refractivity contribution >= 4 is 26.8 Å². The Hall–Kier alpha value is -3.01. The summed E-state index contributed by atoms with van der Waals surface area (Å²) in [7, 11) is 2.63. The van der Waals surface area contributed by atoms with E-state index in [0.29, 0.717) is 22.3 Å². The fourth-order valence-electron chi connectivity index (χ4n) is 3.88. The zero-order valence-corrected chi connectivity index (χ0v) is 20.3. The van der Waals surface area contributed by atoms with Crippen LogP contribution in [0.1, 0.15) is 16.1 Å². The fourth-order valence-corrected chi connectivity index (χ4v) is 4.82. The molecule has 0 spiro atoms. The van der Waals surface area contributed by atoms with E-state index in [1.165, 1.54) is 31.1 Å². The van der Waals surface area contributed by atoms with Crippen LogP contribution in [-0.4, -0.2) is 62.8 Å². The summed E-state index contributed by atoms with van der Waals surface area (Å²) in [5.74, 6) is -0.627. The third kappa shape index (κ3) is 4.57. The van der Waals surface area contributed by atoms with E-state index in [1.807, 2.05) is 19.1 Å². The summed E-state index contributed by atoms with van der Waals surface area (Å²) in [5, 5.41) is 0.736. The van der Waals surface area contributed by atoms with Gasteiger partial charge in [0.15, 0.2) is 0 Å². The van der Waals surface area contributed by atoms with Crippen LogP contribution < -0.4 is 5.73 Å². The van der Waals surface area contributed by atoms with Crippen molar-refractivity contribution < 1.29 is 17.6 Å². The summed E-state index contributed by atoms with van der Waals surface area (Å²) < 4.78 is 42.9. The van der Waals surface area contributed by atoms with E-state index in [0.717, 1.165) is 15.3 Å². The Kier molecular flexibility index (Phi) is 7.06. The Balaban J connectivity index is 2.37. The third-order valence-corrected chi connectivity index (χ3v) is 7.34. The average molecular weight is 473 g/mol. The predicted octanol–water partition coefficient (Wildman–Crippen LogP) is 3.38. The second-order valence-electron chi connectivity index (χ2n) is 8.15. The monoisotopic (exact) mass is 472 g/mol. The molecule has 0 bridgehead atoms. The molecule has 1 amide bonds. The smallest absolute Gasteiger partial charge is 0.255 e. The lowest BCUT2D eigenvalue weighted by Gasteiger charge is -2.14. The minimum absolute atomic E-state index is 0.0604. The molecule has 0 aliphatic heterocycles. The van der Waals surface area contributed by atoms with Gasteiger partial charge in [-0.1, -0.05) is 24.3 Å². The number of para-hydroxylation sites is 1. The highest BCUT2D eigenvalue weighted by molar-refractivity contribution is 7.89. The van der Waals surface area contributed by atoms with E-state index in [-0.39, 0.29) is 23.9 Å². The van der Waals surface area contributed by atoms with E-state index >= 15 is 0 Å². The molecule has 9 heteroatoms. The van der Waals surface area contributed by atoms with Crippen molar-refractivity contribution in [1.29, 1.82) is 0 Å². The van der Waals surface area contributed by atoms with Gasteiger partial charge in [0.2, 0.25) is 10.0 Å². The molecule has 3 aromatic rings. The van der Waals surface area contributed by atoms with Gasteiger partial charge < -0.3 is 15.2 Å². The highest BCUT2D eigenvalue weighted by Crippen LogP contribution is 2.38. The molecule has 176 valence electrons. The number of nitrogens with two attached hydrogens (primary N) is 1. The molecule has 0 unspecified atom stereocenters. The summed E-state index contributed by atoms with van der Waals surface area (Å²) in [4.78, 5) is 14.6. The van der Waals surface area contributed by atoms with Gasteiger partial charge in [-0.25, -0.2) is 17.1 Å². The van der Waals surface area contributed by atoms with Gasteiger partial charge in [0.05, 0.1) is 22.5 Å². The van der Waals surface area contributed by atoms with Crippen LogP contribution in [0.5, 0.6) is 0 Å². The normalized spacial score (nSPS) is 12.5. The van der Waals surface area contributed by atoms with Crippen LogP contribution in [0.4, 0.5) is 4.39 Å². The molecule has 0 aliphatic carbocycles. The predicted molar refractivity (Wildman–Crippen MR) is 129 cm³/mol. The second kappa shape index (κ2) is 9.46. The van der Waals surface area contributed by atoms with Gasteiger partial charge >= 0.3 is 0 Å². The van der Waals surface area contributed by atoms with Crippen molar-refractivity contribution in [2.45, 2.75) is 18.4 Å². The Bertz CT molecular complexity index is 1340. The summed E-state index contributed by atoms with van der Waals surface area (Å²) in [6.07, 6.45) is 1.30. The lowest BCUT2D eigenvalue weighted by Crippen LogP contribution is -2.22. The van der Waals surface area contributed by atoms with Crippen molar-refractivity contribution in [1.82, 2.24) is 13.8 Å². The summed E-state index contributed by atoms with van der Waals surface area (Å²) in [6.45, 7) is 1.81. The molecule has 2 aromatic carbocycles. The number of benzene rings is 2. The van der Waals surface area contributed by atoms with Crippen molar-refractivity contribution in [2.75, 3.05) is 34.7 Å². The maximum Gasteiger partial charge on any atom is 0.255 e. The fraction of sp³-hybridized carbons (Fsp3) is 0.292. The van der Waals surface area contributed by atoms with E-state index < -0.39 is 15.9 Å². The number of carbonyl (C=O) groups excluding carboxylic acids is 1. The standard InChI is InChI=1S/C24H29FN4O3S/c1-16-22(17-8-6-9-19(14-17)33(31,32)28(4)5)20-10-7-11-21(24(30)27(2)3)23(20)29(16)15-18(25)12-13-26/h6-12,14H,13,15,26H2,1-5H3. The van der Waals surface area contributed by atoms with Crippen LogP contribution in [0, 0.1) is 6.92 Å². The van der Waals surface area contributed by atoms with Crippen LogP contribution in [-0.2, 0) is 16.6 Å². The first-order valence-corrected chi connectivity index (χ1v) is 11.9. The number of carbonyl (C=O) groups is 1. The van der Waals surface area contributed by atoms with Crippen molar-refractivity contribution in [2.24, 2.45) is 5.73 Å². The average Bonchev–Trinajstić information content (AvgIpc) is 3.04. The summed E-state index contributed by atoms with van der Waals surface area (Å²) in [5.41, 5.74) is 8.63. The zero-order chi connectivity index (χ0) is 24.5. The van der Waals surface area contributed by atoms with E-state index in [1.54, 1.807) is 42.9 Å². The molecule has 0 saturated heterocycles. The number of rotatable bonds is 7. The number of aromatic nitrogens is 1.